The molecule has 2 heterocycles. The second-order valence-corrected chi connectivity index (χ2v) is 7.08. The summed E-state index contributed by atoms with van der Waals surface area (Å²) in [7, 11) is 0. The monoisotopic (exact) mass is 375 g/mol. The Hall–Kier alpha value is -2.92. The van der Waals surface area contributed by atoms with Gasteiger partial charge in [0.15, 0.2) is 5.69 Å². The Morgan fingerprint density at radius 2 is 1.54 bits per heavy atom. The van der Waals surface area contributed by atoms with Gasteiger partial charge in [-0.3, -0.25) is 9.69 Å². The summed E-state index contributed by atoms with van der Waals surface area (Å²) in [5.74, 6) is 0.703. The van der Waals surface area contributed by atoms with Crippen molar-refractivity contribution in [2.45, 2.75) is 19.4 Å². The molecule has 144 valence electrons. The number of hydrogen-bond donors (Lipinski definition) is 0. The molecule has 0 saturated carbocycles. The lowest BCUT2D eigenvalue weighted by molar-refractivity contribution is 0.0587. The standard InChI is InChI=1S/C23H25N3O2/c1-2-20-17-21(24-28-20)23(27)26-15-13-25(14-16-26)22(18-9-5-3-6-10-18)19-11-7-4-8-12-19/h3-12,17,22H,2,13-16H2,1H3. The summed E-state index contributed by atoms with van der Waals surface area (Å²) in [6, 6.07) is 23.1. The van der Waals surface area contributed by atoms with E-state index in [4.69, 9.17) is 4.52 Å². The molecule has 2 aromatic carbocycles. The maximum absolute atomic E-state index is 12.7. The number of amides is 1. The topological polar surface area (TPSA) is 49.6 Å². The van der Waals surface area contributed by atoms with Gasteiger partial charge in [-0.2, -0.15) is 0 Å². The summed E-state index contributed by atoms with van der Waals surface area (Å²) >= 11 is 0. The smallest absolute Gasteiger partial charge is 0.276 e. The molecule has 1 amide bonds. The van der Waals surface area contributed by atoms with Gasteiger partial charge in [-0.1, -0.05) is 72.7 Å². The second kappa shape index (κ2) is 8.40. The number of rotatable bonds is 5. The van der Waals surface area contributed by atoms with E-state index in [0.29, 0.717) is 18.8 Å². The van der Waals surface area contributed by atoms with Gasteiger partial charge in [-0.05, 0) is 11.1 Å². The first-order valence-electron chi connectivity index (χ1n) is 9.85. The maximum atomic E-state index is 12.7. The number of carbonyl (C=O) groups is 1. The first kappa shape index (κ1) is 18.4. The SMILES string of the molecule is CCc1cc(C(=O)N2CCN(C(c3ccccc3)c3ccccc3)CC2)no1. The third-order valence-corrected chi connectivity index (χ3v) is 5.32. The van der Waals surface area contributed by atoms with Gasteiger partial charge < -0.3 is 9.42 Å². The molecule has 1 fully saturated rings. The average molecular weight is 375 g/mol. The maximum Gasteiger partial charge on any atom is 0.276 e. The van der Waals surface area contributed by atoms with Crippen LogP contribution in [0.15, 0.2) is 71.3 Å². The van der Waals surface area contributed by atoms with Crippen molar-refractivity contribution in [2.24, 2.45) is 0 Å². The van der Waals surface area contributed by atoms with Crippen molar-refractivity contribution in [1.82, 2.24) is 15.0 Å². The molecular weight excluding hydrogens is 350 g/mol. The van der Waals surface area contributed by atoms with E-state index in [2.05, 4.69) is 58.6 Å². The predicted molar refractivity (Wildman–Crippen MR) is 108 cm³/mol. The number of aryl methyl sites for hydroxylation is 1. The Bertz CT molecular complexity index is 860. The molecule has 1 aliphatic heterocycles. The number of hydrogen-bond acceptors (Lipinski definition) is 4. The molecule has 28 heavy (non-hydrogen) atoms. The second-order valence-electron chi connectivity index (χ2n) is 7.08. The molecule has 0 spiro atoms. The van der Waals surface area contributed by atoms with Crippen LogP contribution >= 0.6 is 0 Å². The lowest BCUT2D eigenvalue weighted by atomic mass is 9.96. The largest absolute Gasteiger partial charge is 0.361 e. The number of carbonyl (C=O) groups excluding carboxylic acids is 1. The predicted octanol–water partition coefficient (Wildman–Crippen LogP) is 3.78. The van der Waals surface area contributed by atoms with Crippen LogP contribution < -0.4 is 0 Å². The number of aromatic nitrogens is 1. The molecule has 3 aromatic rings. The molecule has 1 saturated heterocycles. The van der Waals surface area contributed by atoms with Crippen molar-refractivity contribution in [1.29, 1.82) is 0 Å². The minimum atomic E-state index is -0.0425. The molecule has 0 unspecified atom stereocenters. The minimum Gasteiger partial charge on any atom is -0.361 e. The van der Waals surface area contributed by atoms with Crippen LogP contribution in [0.2, 0.25) is 0 Å². The summed E-state index contributed by atoms with van der Waals surface area (Å²) in [6.45, 7) is 4.99. The summed E-state index contributed by atoms with van der Waals surface area (Å²) in [5, 5.41) is 3.93. The number of piperazine rings is 1. The molecule has 1 aliphatic rings. The Balaban J connectivity index is 1.49. The van der Waals surface area contributed by atoms with Gasteiger partial charge in [-0.15, -0.1) is 0 Å². The van der Waals surface area contributed by atoms with E-state index < -0.39 is 0 Å². The fraction of sp³-hybridized carbons (Fsp3) is 0.304. The van der Waals surface area contributed by atoms with Gasteiger partial charge in [-0.25, -0.2) is 0 Å². The van der Waals surface area contributed by atoms with Crippen LogP contribution in [0.1, 0.15) is 40.3 Å². The van der Waals surface area contributed by atoms with Crippen LogP contribution in [0.25, 0.3) is 0 Å². The zero-order valence-corrected chi connectivity index (χ0v) is 16.1. The third kappa shape index (κ3) is 3.85. The van der Waals surface area contributed by atoms with Crippen LogP contribution in [0, 0.1) is 0 Å². The molecule has 1 aromatic heterocycles. The van der Waals surface area contributed by atoms with Crippen molar-refractivity contribution in [3.63, 3.8) is 0 Å². The highest BCUT2D eigenvalue weighted by Gasteiger charge is 2.29. The first-order valence-corrected chi connectivity index (χ1v) is 9.85. The molecule has 0 bridgehead atoms. The van der Waals surface area contributed by atoms with Crippen LogP contribution in [0.5, 0.6) is 0 Å². The van der Waals surface area contributed by atoms with Gasteiger partial charge in [0.2, 0.25) is 0 Å². The van der Waals surface area contributed by atoms with Gasteiger partial charge in [0, 0.05) is 38.7 Å². The molecular formula is C23H25N3O2. The van der Waals surface area contributed by atoms with Crippen LogP contribution in [-0.4, -0.2) is 47.0 Å². The molecule has 5 heteroatoms. The van der Waals surface area contributed by atoms with E-state index in [9.17, 15) is 4.79 Å². The van der Waals surface area contributed by atoms with Crippen molar-refractivity contribution >= 4 is 5.91 Å². The molecule has 0 atom stereocenters. The van der Waals surface area contributed by atoms with E-state index >= 15 is 0 Å². The Morgan fingerprint density at radius 3 is 2.04 bits per heavy atom. The van der Waals surface area contributed by atoms with E-state index in [-0.39, 0.29) is 11.9 Å². The van der Waals surface area contributed by atoms with Crippen molar-refractivity contribution < 1.29 is 9.32 Å². The van der Waals surface area contributed by atoms with Gasteiger partial charge in [0.05, 0.1) is 6.04 Å². The van der Waals surface area contributed by atoms with Crippen molar-refractivity contribution in [3.8, 4) is 0 Å². The lowest BCUT2D eigenvalue weighted by Gasteiger charge is -2.39. The fourth-order valence-corrected chi connectivity index (χ4v) is 3.81. The lowest BCUT2D eigenvalue weighted by Crippen LogP contribution is -2.50. The molecule has 0 aliphatic carbocycles. The summed E-state index contributed by atoms with van der Waals surface area (Å²) in [5.41, 5.74) is 2.96. The Kier molecular flexibility index (Phi) is 5.53. The summed E-state index contributed by atoms with van der Waals surface area (Å²) < 4.78 is 5.19. The van der Waals surface area contributed by atoms with Crippen LogP contribution in [-0.2, 0) is 6.42 Å². The average Bonchev–Trinajstić information content (AvgIpc) is 3.25. The van der Waals surface area contributed by atoms with E-state index in [1.807, 2.05) is 24.0 Å². The first-order chi connectivity index (χ1) is 13.8. The molecule has 5 nitrogen and oxygen atoms in total. The molecule has 0 radical (unpaired) electrons. The van der Waals surface area contributed by atoms with Gasteiger partial charge in [0.1, 0.15) is 5.76 Å². The number of benzene rings is 2. The summed E-state index contributed by atoms with van der Waals surface area (Å²) in [4.78, 5) is 17.1. The highest BCUT2D eigenvalue weighted by Crippen LogP contribution is 2.29. The Labute approximate surface area is 165 Å². The van der Waals surface area contributed by atoms with Gasteiger partial charge >= 0.3 is 0 Å². The minimum absolute atomic E-state index is 0.0425. The Morgan fingerprint density at radius 1 is 0.964 bits per heavy atom. The van der Waals surface area contributed by atoms with Gasteiger partial charge in [0.25, 0.3) is 5.91 Å². The normalized spacial score (nSPS) is 15.1. The van der Waals surface area contributed by atoms with E-state index in [1.165, 1.54) is 11.1 Å². The summed E-state index contributed by atoms with van der Waals surface area (Å²) in [6.07, 6.45) is 0.740. The zero-order valence-electron chi connectivity index (χ0n) is 16.1. The highest BCUT2D eigenvalue weighted by atomic mass is 16.5. The molecule has 4 rings (SSSR count). The quantitative estimate of drug-likeness (QED) is 0.681. The third-order valence-electron chi connectivity index (χ3n) is 5.32. The highest BCUT2D eigenvalue weighted by molar-refractivity contribution is 5.92. The number of nitrogens with zero attached hydrogens (tertiary/aromatic N) is 3. The van der Waals surface area contributed by atoms with Crippen LogP contribution in [0.3, 0.4) is 0 Å². The van der Waals surface area contributed by atoms with Crippen LogP contribution in [0.4, 0.5) is 0 Å². The fourth-order valence-electron chi connectivity index (χ4n) is 3.81. The van der Waals surface area contributed by atoms with E-state index in [0.717, 1.165) is 25.3 Å². The zero-order chi connectivity index (χ0) is 19.3. The van der Waals surface area contributed by atoms with Crippen molar-refractivity contribution in [3.05, 3.63) is 89.3 Å². The van der Waals surface area contributed by atoms with E-state index in [1.54, 1.807) is 6.07 Å². The van der Waals surface area contributed by atoms with Crippen molar-refractivity contribution in [2.75, 3.05) is 26.2 Å². The molecule has 0 N–H and O–H groups in total.